The molecule has 0 fully saturated rings. The molecule has 0 aliphatic carbocycles. The smallest absolute Gasteiger partial charge is 0.348 e. The monoisotopic (exact) mass is 508 g/mol. The fourth-order valence-corrected chi connectivity index (χ4v) is 4.61. The Hall–Kier alpha value is -2.89. The van der Waals surface area contributed by atoms with Crippen molar-refractivity contribution in [2.24, 2.45) is 0 Å². The highest BCUT2D eigenvalue weighted by molar-refractivity contribution is 7.99. The number of halogens is 1. The van der Waals surface area contributed by atoms with Crippen molar-refractivity contribution < 1.29 is 23.9 Å². The number of aromatic nitrogens is 3. The first kappa shape index (κ1) is 24.7. The van der Waals surface area contributed by atoms with E-state index in [0.717, 1.165) is 28.7 Å². The zero-order valence-electron chi connectivity index (χ0n) is 18.1. The van der Waals surface area contributed by atoms with Gasteiger partial charge in [-0.15, -0.1) is 16.4 Å². The molecule has 2 N–H and O–H groups in total. The minimum absolute atomic E-state index is 0.00807. The van der Waals surface area contributed by atoms with Crippen LogP contribution in [0.3, 0.4) is 0 Å². The van der Waals surface area contributed by atoms with E-state index in [-0.39, 0.29) is 40.3 Å². The summed E-state index contributed by atoms with van der Waals surface area (Å²) in [4.78, 5) is 41.9. The van der Waals surface area contributed by atoms with Gasteiger partial charge in [-0.05, 0) is 50.6 Å². The number of nitrogens with zero attached hydrogens (tertiary/aromatic N) is 2. The molecule has 0 aliphatic rings. The van der Waals surface area contributed by atoms with Gasteiger partial charge in [0.25, 0.3) is 0 Å². The summed E-state index contributed by atoms with van der Waals surface area (Å²) in [5.74, 6) is -1.03. The molecule has 0 unspecified atom stereocenters. The summed E-state index contributed by atoms with van der Waals surface area (Å²) in [5.41, 5.74) is 1.36. The number of benzene rings is 1. The van der Waals surface area contributed by atoms with Crippen LogP contribution in [0.15, 0.2) is 29.4 Å². The first-order valence-electron chi connectivity index (χ1n) is 9.92. The van der Waals surface area contributed by atoms with Crippen molar-refractivity contribution in [1.82, 2.24) is 15.2 Å². The molecule has 0 spiro atoms. The van der Waals surface area contributed by atoms with Gasteiger partial charge < -0.3 is 14.8 Å². The maximum absolute atomic E-state index is 12.6. The molecule has 3 aromatic rings. The summed E-state index contributed by atoms with van der Waals surface area (Å²) in [6.45, 7) is 5.33. The highest BCUT2D eigenvalue weighted by Crippen LogP contribution is 2.34. The Kier molecular flexibility index (Phi) is 8.48. The molecule has 0 saturated carbocycles. The minimum atomic E-state index is -0.619. The lowest BCUT2D eigenvalue weighted by Crippen LogP contribution is -2.16. The SMILES string of the molecule is CCOC(=O)c1sc(NC(=O)CSc2n[nH]c(-c3ccc(Cl)cc3)n2)c(C(=O)OCC)c1C. The molecule has 2 aromatic heterocycles. The third-order valence-corrected chi connectivity index (χ3v) is 6.54. The Balaban J connectivity index is 1.70. The van der Waals surface area contributed by atoms with Gasteiger partial charge >= 0.3 is 11.9 Å². The Labute approximate surface area is 203 Å². The standard InChI is InChI=1S/C21H21ClN4O5S2/c1-4-30-19(28)15-11(3)16(20(29)31-5-2)33-18(15)23-14(27)10-32-21-24-17(25-26-21)12-6-8-13(22)9-7-12/h6-9H,4-5,10H2,1-3H3,(H,23,27)(H,24,25,26). The maximum Gasteiger partial charge on any atom is 0.348 e. The molecular weight excluding hydrogens is 488 g/mol. The number of thioether (sulfide) groups is 1. The van der Waals surface area contributed by atoms with Crippen molar-refractivity contribution in [3.63, 3.8) is 0 Å². The van der Waals surface area contributed by atoms with Crippen LogP contribution in [0.1, 0.15) is 39.4 Å². The molecular formula is C21H21ClN4O5S2. The highest BCUT2D eigenvalue weighted by atomic mass is 35.5. The van der Waals surface area contributed by atoms with E-state index in [9.17, 15) is 14.4 Å². The number of thiophene rings is 1. The number of esters is 2. The molecule has 0 saturated heterocycles. The minimum Gasteiger partial charge on any atom is -0.462 e. The number of amides is 1. The van der Waals surface area contributed by atoms with Gasteiger partial charge in [-0.1, -0.05) is 23.4 Å². The van der Waals surface area contributed by atoms with Crippen LogP contribution in [0, 0.1) is 6.92 Å². The second-order valence-electron chi connectivity index (χ2n) is 6.51. The lowest BCUT2D eigenvalue weighted by molar-refractivity contribution is -0.113. The number of ether oxygens (including phenoxy) is 2. The van der Waals surface area contributed by atoms with Gasteiger partial charge in [-0.3, -0.25) is 9.89 Å². The zero-order chi connectivity index (χ0) is 24.0. The normalized spacial score (nSPS) is 10.7. The Morgan fingerprint density at radius 3 is 2.45 bits per heavy atom. The lowest BCUT2D eigenvalue weighted by atomic mass is 10.1. The molecule has 12 heteroatoms. The fourth-order valence-electron chi connectivity index (χ4n) is 2.78. The van der Waals surface area contributed by atoms with Gasteiger partial charge in [0.2, 0.25) is 11.1 Å². The number of anilines is 1. The predicted octanol–water partition coefficient (Wildman–Crippen LogP) is 4.58. The maximum atomic E-state index is 12.6. The molecule has 0 radical (unpaired) electrons. The molecule has 3 rings (SSSR count). The van der Waals surface area contributed by atoms with Crippen LogP contribution >= 0.6 is 34.7 Å². The summed E-state index contributed by atoms with van der Waals surface area (Å²) < 4.78 is 10.1. The van der Waals surface area contributed by atoms with Crippen LogP contribution in [-0.4, -0.2) is 52.0 Å². The van der Waals surface area contributed by atoms with Crippen LogP contribution in [-0.2, 0) is 14.3 Å². The van der Waals surface area contributed by atoms with E-state index in [1.54, 1.807) is 45.0 Å². The highest BCUT2D eigenvalue weighted by Gasteiger charge is 2.27. The van der Waals surface area contributed by atoms with Crippen LogP contribution in [0.4, 0.5) is 5.00 Å². The van der Waals surface area contributed by atoms with E-state index in [2.05, 4.69) is 20.5 Å². The number of H-pyrrole nitrogens is 1. The number of nitrogens with one attached hydrogen (secondary N) is 2. The third-order valence-electron chi connectivity index (χ3n) is 4.26. The van der Waals surface area contributed by atoms with E-state index in [1.165, 1.54) is 0 Å². The van der Waals surface area contributed by atoms with Gasteiger partial charge in [0.05, 0.1) is 24.5 Å². The molecule has 1 aromatic carbocycles. The van der Waals surface area contributed by atoms with Gasteiger partial charge in [0.1, 0.15) is 9.88 Å². The molecule has 1 amide bonds. The summed E-state index contributed by atoms with van der Waals surface area (Å²) in [5, 5.41) is 10.9. The number of rotatable bonds is 9. The predicted molar refractivity (Wildman–Crippen MR) is 127 cm³/mol. The summed E-state index contributed by atoms with van der Waals surface area (Å²) in [6, 6.07) is 7.10. The van der Waals surface area contributed by atoms with Crippen molar-refractivity contribution in [3.05, 3.63) is 45.3 Å². The van der Waals surface area contributed by atoms with Gasteiger partial charge in [-0.2, -0.15) is 0 Å². The van der Waals surface area contributed by atoms with E-state index in [0.29, 0.717) is 21.6 Å². The molecule has 174 valence electrons. The second-order valence-corrected chi connectivity index (χ2v) is 8.91. The van der Waals surface area contributed by atoms with Gasteiger partial charge in [0.15, 0.2) is 5.82 Å². The van der Waals surface area contributed by atoms with Gasteiger partial charge in [0, 0.05) is 10.6 Å². The van der Waals surface area contributed by atoms with E-state index in [1.807, 2.05) is 0 Å². The zero-order valence-corrected chi connectivity index (χ0v) is 20.4. The Morgan fingerprint density at radius 1 is 1.12 bits per heavy atom. The van der Waals surface area contributed by atoms with Crippen LogP contribution < -0.4 is 5.32 Å². The van der Waals surface area contributed by atoms with Crippen molar-refractivity contribution in [3.8, 4) is 11.4 Å². The van der Waals surface area contributed by atoms with Crippen LogP contribution in [0.25, 0.3) is 11.4 Å². The van der Waals surface area contributed by atoms with Crippen LogP contribution in [0.5, 0.6) is 0 Å². The first-order chi connectivity index (χ1) is 15.8. The Bertz CT molecular complexity index is 1160. The van der Waals surface area contributed by atoms with Crippen molar-refractivity contribution in [1.29, 1.82) is 0 Å². The molecule has 9 nitrogen and oxygen atoms in total. The van der Waals surface area contributed by atoms with Crippen LogP contribution in [0.2, 0.25) is 5.02 Å². The average molecular weight is 509 g/mol. The quantitative estimate of drug-likeness (QED) is 0.318. The summed E-state index contributed by atoms with van der Waals surface area (Å²) in [7, 11) is 0. The third kappa shape index (κ3) is 6.12. The molecule has 0 bridgehead atoms. The van der Waals surface area contributed by atoms with Crippen molar-refractivity contribution in [2.75, 3.05) is 24.3 Å². The number of hydrogen-bond donors (Lipinski definition) is 2. The van der Waals surface area contributed by atoms with E-state index >= 15 is 0 Å². The van der Waals surface area contributed by atoms with Crippen molar-refractivity contribution >= 4 is 57.5 Å². The number of carbonyl (C=O) groups excluding carboxylic acids is 3. The first-order valence-corrected chi connectivity index (χ1v) is 12.1. The van der Waals surface area contributed by atoms with Gasteiger partial charge in [-0.25, -0.2) is 14.6 Å². The summed E-state index contributed by atoms with van der Waals surface area (Å²) >= 11 is 8.00. The molecule has 0 atom stereocenters. The van der Waals surface area contributed by atoms with E-state index < -0.39 is 11.9 Å². The second kappa shape index (κ2) is 11.3. The van der Waals surface area contributed by atoms with Crippen molar-refractivity contribution in [2.45, 2.75) is 25.9 Å². The number of carbonyl (C=O) groups is 3. The molecule has 0 aliphatic heterocycles. The Morgan fingerprint density at radius 2 is 1.79 bits per heavy atom. The topological polar surface area (TPSA) is 123 Å². The van der Waals surface area contributed by atoms with E-state index in [4.69, 9.17) is 21.1 Å². The number of hydrogen-bond acceptors (Lipinski definition) is 9. The average Bonchev–Trinajstić information content (AvgIpc) is 3.38. The molecule has 2 heterocycles. The largest absolute Gasteiger partial charge is 0.462 e. The molecule has 33 heavy (non-hydrogen) atoms. The lowest BCUT2D eigenvalue weighted by Gasteiger charge is -2.06. The summed E-state index contributed by atoms with van der Waals surface area (Å²) in [6.07, 6.45) is 0. The number of aromatic amines is 1. The fraction of sp³-hybridized carbons (Fsp3) is 0.286.